The van der Waals surface area contributed by atoms with Crippen LogP contribution in [0, 0.1) is 5.82 Å². The SMILES string of the molecule is CC(=O)Nc1ccc(NC(=O)CSc2nnc(-c3ccc(F)cc3)n2-c2ccccc2)cc1. The van der Waals surface area contributed by atoms with E-state index in [9.17, 15) is 14.0 Å². The van der Waals surface area contributed by atoms with Gasteiger partial charge >= 0.3 is 0 Å². The molecule has 0 saturated heterocycles. The zero-order chi connectivity index (χ0) is 23.2. The highest BCUT2D eigenvalue weighted by Crippen LogP contribution is 2.28. The van der Waals surface area contributed by atoms with Crippen LogP contribution in [0.1, 0.15) is 6.92 Å². The van der Waals surface area contributed by atoms with E-state index in [1.54, 1.807) is 36.4 Å². The minimum Gasteiger partial charge on any atom is -0.326 e. The number of carbonyl (C=O) groups is 2. The van der Waals surface area contributed by atoms with Crippen molar-refractivity contribution in [3.8, 4) is 17.1 Å². The number of hydrogen-bond acceptors (Lipinski definition) is 5. The molecule has 0 fully saturated rings. The summed E-state index contributed by atoms with van der Waals surface area (Å²) in [6, 6.07) is 22.4. The normalized spacial score (nSPS) is 10.6. The van der Waals surface area contributed by atoms with Crippen molar-refractivity contribution in [1.29, 1.82) is 0 Å². The molecule has 0 spiro atoms. The first-order valence-electron chi connectivity index (χ1n) is 10.1. The number of rotatable bonds is 7. The number of nitrogens with one attached hydrogen (secondary N) is 2. The van der Waals surface area contributed by atoms with Gasteiger partial charge in [0.1, 0.15) is 5.82 Å². The molecular weight excluding hydrogens is 441 g/mol. The number of thioether (sulfide) groups is 1. The number of halogens is 1. The van der Waals surface area contributed by atoms with E-state index in [0.29, 0.717) is 27.9 Å². The average Bonchev–Trinajstić information content (AvgIpc) is 3.24. The van der Waals surface area contributed by atoms with E-state index in [2.05, 4.69) is 20.8 Å². The third-order valence-electron chi connectivity index (χ3n) is 4.57. The lowest BCUT2D eigenvalue weighted by Crippen LogP contribution is -2.14. The molecule has 0 aliphatic rings. The number of nitrogens with zero attached hydrogens (tertiary/aromatic N) is 3. The molecule has 0 saturated carbocycles. The lowest BCUT2D eigenvalue weighted by molar-refractivity contribution is -0.114. The van der Waals surface area contributed by atoms with Crippen LogP contribution in [0.4, 0.5) is 15.8 Å². The summed E-state index contributed by atoms with van der Waals surface area (Å²) in [7, 11) is 0. The lowest BCUT2D eigenvalue weighted by atomic mass is 10.2. The van der Waals surface area contributed by atoms with Crippen molar-refractivity contribution in [2.75, 3.05) is 16.4 Å². The molecular formula is C24H20FN5O2S. The van der Waals surface area contributed by atoms with Crippen molar-refractivity contribution in [3.63, 3.8) is 0 Å². The molecule has 4 rings (SSSR count). The molecule has 0 radical (unpaired) electrons. The summed E-state index contributed by atoms with van der Waals surface area (Å²) in [5.74, 6) is -0.0375. The highest BCUT2D eigenvalue weighted by Gasteiger charge is 2.17. The zero-order valence-corrected chi connectivity index (χ0v) is 18.5. The largest absolute Gasteiger partial charge is 0.326 e. The van der Waals surface area contributed by atoms with Gasteiger partial charge in [-0.25, -0.2) is 4.39 Å². The smallest absolute Gasteiger partial charge is 0.234 e. The molecule has 0 bridgehead atoms. The van der Waals surface area contributed by atoms with Crippen molar-refractivity contribution in [1.82, 2.24) is 14.8 Å². The fourth-order valence-electron chi connectivity index (χ4n) is 3.13. The first-order chi connectivity index (χ1) is 16.0. The van der Waals surface area contributed by atoms with Gasteiger partial charge in [0.25, 0.3) is 0 Å². The highest BCUT2D eigenvalue weighted by molar-refractivity contribution is 7.99. The number of hydrogen-bond donors (Lipinski definition) is 2. The minimum absolute atomic E-state index is 0.113. The van der Waals surface area contributed by atoms with Gasteiger partial charge in [0, 0.05) is 29.5 Å². The fourth-order valence-corrected chi connectivity index (χ4v) is 3.88. The van der Waals surface area contributed by atoms with Crippen LogP contribution in [0.5, 0.6) is 0 Å². The van der Waals surface area contributed by atoms with E-state index in [-0.39, 0.29) is 23.4 Å². The highest BCUT2D eigenvalue weighted by atomic mass is 32.2. The van der Waals surface area contributed by atoms with E-state index in [4.69, 9.17) is 0 Å². The summed E-state index contributed by atoms with van der Waals surface area (Å²) < 4.78 is 15.2. The van der Waals surface area contributed by atoms with E-state index in [1.165, 1.54) is 30.8 Å². The third kappa shape index (κ3) is 5.64. The van der Waals surface area contributed by atoms with Crippen LogP contribution in [0.3, 0.4) is 0 Å². The second kappa shape index (κ2) is 10.1. The lowest BCUT2D eigenvalue weighted by Gasteiger charge is -2.10. The molecule has 7 nitrogen and oxygen atoms in total. The Kier molecular flexibility index (Phi) is 6.80. The molecule has 0 aliphatic heterocycles. The third-order valence-corrected chi connectivity index (χ3v) is 5.50. The Morgan fingerprint density at radius 3 is 2.15 bits per heavy atom. The summed E-state index contributed by atoms with van der Waals surface area (Å²) in [5, 5.41) is 14.6. The van der Waals surface area contributed by atoms with Crippen LogP contribution in [0.25, 0.3) is 17.1 Å². The quantitative estimate of drug-likeness (QED) is 0.387. The number of amides is 2. The number of carbonyl (C=O) groups excluding carboxylic acids is 2. The second-order valence-corrected chi connectivity index (χ2v) is 8.02. The molecule has 33 heavy (non-hydrogen) atoms. The van der Waals surface area contributed by atoms with Crippen molar-refractivity contribution in [3.05, 3.63) is 84.7 Å². The van der Waals surface area contributed by atoms with Crippen LogP contribution >= 0.6 is 11.8 Å². The van der Waals surface area contributed by atoms with Gasteiger partial charge in [0.05, 0.1) is 5.75 Å². The minimum atomic E-state index is -0.332. The van der Waals surface area contributed by atoms with Crippen molar-refractivity contribution < 1.29 is 14.0 Å². The number of aromatic nitrogens is 3. The maximum atomic E-state index is 13.4. The van der Waals surface area contributed by atoms with Crippen molar-refractivity contribution >= 4 is 35.0 Å². The van der Waals surface area contributed by atoms with E-state index < -0.39 is 0 Å². The topological polar surface area (TPSA) is 88.9 Å². The van der Waals surface area contributed by atoms with E-state index in [0.717, 1.165) is 5.69 Å². The summed E-state index contributed by atoms with van der Waals surface area (Å²) in [4.78, 5) is 23.6. The first-order valence-corrected chi connectivity index (χ1v) is 11.1. The monoisotopic (exact) mass is 461 g/mol. The molecule has 2 amide bonds. The molecule has 0 atom stereocenters. The standard InChI is InChI=1S/C24H20FN5O2S/c1-16(31)26-19-11-13-20(14-12-19)27-22(32)15-33-24-29-28-23(17-7-9-18(25)10-8-17)30(24)21-5-3-2-4-6-21/h2-14H,15H2,1H3,(H,26,31)(H,27,32). The number of benzene rings is 3. The molecule has 1 heterocycles. The maximum Gasteiger partial charge on any atom is 0.234 e. The van der Waals surface area contributed by atoms with E-state index in [1.807, 2.05) is 34.9 Å². The summed E-state index contributed by atoms with van der Waals surface area (Å²) in [5.41, 5.74) is 2.81. The van der Waals surface area contributed by atoms with Gasteiger partial charge in [-0.15, -0.1) is 10.2 Å². The molecule has 3 aromatic carbocycles. The molecule has 166 valence electrons. The predicted octanol–water partition coefficient (Wildman–Crippen LogP) is 4.76. The fraction of sp³-hybridized carbons (Fsp3) is 0.0833. The van der Waals surface area contributed by atoms with Gasteiger partial charge in [0.2, 0.25) is 11.8 Å². The average molecular weight is 462 g/mol. The molecule has 0 unspecified atom stereocenters. The van der Waals surface area contributed by atoms with Gasteiger partial charge in [-0.05, 0) is 60.7 Å². The Morgan fingerprint density at radius 1 is 0.879 bits per heavy atom. The van der Waals surface area contributed by atoms with Crippen LogP contribution < -0.4 is 10.6 Å². The summed E-state index contributed by atoms with van der Waals surface area (Å²) >= 11 is 1.25. The van der Waals surface area contributed by atoms with Gasteiger partial charge < -0.3 is 10.6 Å². The van der Waals surface area contributed by atoms with Gasteiger partial charge in [0.15, 0.2) is 11.0 Å². The Morgan fingerprint density at radius 2 is 1.52 bits per heavy atom. The number of anilines is 2. The van der Waals surface area contributed by atoms with Gasteiger partial charge in [-0.3, -0.25) is 14.2 Å². The Hall–Kier alpha value is -3.98. The predicted molar refractivity (Wildman–Crippen MR) is 127 cm³/mol. The van der Waals surface area contributed by atoms with Crippen LogP contribution in [0.15, 0.2) is 84.0 Å². The van der Waals surface area contributed by atoms with E-state index >= 15 is 0 Å². The summed E-state index contributed by atoms with van der Waals surface area (Å²) in [6.07, 6.45) is 0. The van der Waals surface area contributed by atoms with Gasteiger partial charge in [-0.2, -0.15) is 0 Å². The molecule has 2 N–H and O–H groups in total. The maximum absolute atomic E-state index is 13.4. The number of para-hydroxylation sites is 1. The Balaban J connectivity index is 1.50. The second-order valence-electron chi connectivity index (χ2n) is 7.08. The molecule has 1 aromatic heterocycles. The van der Waals surface area contributed by atoms with Gasteiger partial charge in [-0.1, -0.05) is 30.0 Å². The van der Waals surface area contributed by atoms with Crippen molar-refractivity contribution in [2.24, 2.45) is 0 Å². The Bertz CT molecular complexity index is 1260. The van der Waals surface area contributed by atoms with Crippen LogP contribution in [-0.4, -0.2) is 32.3 Å². The van der Waals surface area contributed by atoms with Crippen LogP contribution in [0.2, 0.25) is 0 Å². The first kappa shape index (κ1) is 22.2. The Labute approximate surface area is 194 Å². The molecule has 0 aliphatic carbocycles. The molecule has 4 aromatic rings. The van der Waals surface area contributed by atoms with Crippen LogP contribution in [-0.2, 0) is 9.59 Å². The zero-order valence-electron chi connectivity index (χ0n) is 17.7. The van der Waals surface area contributed by atoms with Crippen molar-refractivity contribution in [2.45, 2.75) is 12.1 Å². The summed E-state index contributed by atoms with van der Waals surface area (Å²) in [6.45, 7) is 1.43. The molecule has 9 heteroatoms.